The first kappa shape index (κ1) is 20.8. The topological polar surface area (TPSA) is 90.3 Å². The maximum absolute atomic E-state index is 12.2. The van der Waals surface area contributed by atoms with E-state index in [4.69, 9.17) is 27.9 Å². The third-order valence-corrected chi connectivity index (χ3v) is 4.70. The first-order chi connectivity index (χ1) is 13.8. The minimum atomic E-state index is -1.02. The Labute approximate surface area is 176 Å². The number of hydrogen-bond acceptors (Lipinski definition) is 5. The number of ether oxygens (including phenoxy) is 1. The third kappa shape index (κ3) is 5.13. The Hall–Kier alpha value is -2.90. The fourth-order valence-electron chi connectivity index (χ4n) is 2.67. The van der Waals surface area contributed by atoms with Gasteiger partial charge < -0.3 is 10.1 Å². The Morgan fingerprint density at radius 3 is 2.72 bits per heavy atom. The Morgan fingerprint density at radius 1 is 1.21 bits per heavy atom. The highest BCUT2D eigenvalue weighted by atomic mass is 35.5. The molecule has 0 aliphatic carbocycles. The molecule has 1 heterocycles. The van der Waals surface area contributed by atoms with Crippen molar-refractivity contribution in [2.24, 2.45) is 0 Å². The second kappa shape index (κ2) is 9.07. The summed E-state index contributed by atoms with van der Waals surface area (Å²) in [7, 11) is 0. The van der Waals surface area contributed by atoms with Gasteiger partial charge in [0.05, 0.1) is 35.4 Å². The predicted molar refractivity (Wildman–Crippen MR) is 111 cm³/mol. The summed E-state index contributed by atoms with van der Waals surface area (Å²) >= 11 is 11.8. The van der Waals surface area contributed by atoms with E-state index >= 15 is 0 Å². The quantitative estimate of drug-likeness (QED) is 0.598. The molecule has 150 valence electrons. The molecule has 29 heavy (non-hydrogen) atoms. The molecular formula is C20H17Cl2N3O4. The summed E-state index contributed by atoms with van der Waals surface area (Å²) in [5, 5.41) is 7.88. The summed E-state index contributed by atoms with van der Waals surface area (Å²) in [6.45, 7) is 1.67. The third-order valence-electron chi connectivity index (χ3n) is 4.16. The van der Waals surface area contributed by atoms with E-state index in [1.807, 2.05) is 0 Å². The molecule has 0 aliphatic heterocycles. The number of esters is 1. The van der Waals surface area contributed by atoms with Crippen LogP contribution in [0.1, 0.15) is 13.3 Å². The van der Waals surface area contributed by atoms with Gasteiger partial charge in [0.1, 0.15) is 0 Å². The van der Waals surface area contributed by atoms with E-state index < -0.39 is 18.0 Å². The number of carbonyl (C=O) groups is 2. The number of carbonyl (C=O) groups excluding carboxylic acids is 2. The number of benzene rings is 2. The van der Waals surface area contributed by atoms with Gasteiger partial charge in [-0.25, -0.2) is 0 Å². The molecule has 0 saturated carbocycles. The van der Waals surface area contributed by atoms with Crippen LogP contribution in [-0.4, -0.2) is 27.8 Å². The largest absolute Gasteiger partial charge is 0.452 e. The van der Waals surface area contributed by atoms with Crippen LogP contribution >= 0.6 is 23.2 Å². The molecule has 0 saturated heterocycles. The van der Waals surface area contributed by atoms with E-state index in [-0.39, 0.29) is 23.4 Å². The van der Waals surface area contributed by atoms with Crippen molar-refractivity contribution in [1.29, 1.82) is 0 Å². The van der Waals surface area contributed by atoms with Crippen LogP contribution < -0.4 is 10.7 Å². The van der Waals surface area contributed by atoms with Gasteiger partial charge in [-0.1, -0.05) is 35.3 Å². The lowest BCUT2D eigenvalue weighted by Crippen LogP contribution is -2.30. The van der Waals surface area contributed by atoms with Gasteiger partial charge in [0.25, 0.3) is 5.91 Å². The highest BCUT2D eigenvalue weighted by Gasteiger charge is 2.19. The Kier molecular flexibility index (Phi) is 6.51. The van der Waals surface area contributed by atoms with Crippen LogP contribution in [0.2, 0.25) is 10.0 Å². The van der Waals surface area contributed by atoms with Crippen molar-refractivity contribution < 1.29 is 14.3 Å². The van der Waals surface area contributed by atoms with Crippen LogP contribution in [0.5, 0.6) is 0 Å². The second-order valence-corrected chi connectivity index (χ2v) is 7.09. The van der Waals surface area contributed by atoms with Gasteiger partial charge in [0, 0.05) is 10.4 Å². The van der Waals surface area contributed by atoms with Gasteiger partial charge in [0.2, 0.25) is 5.43 Å². The number of aromatic nitrogens is 2. The summed E-state index contributed by atoms with van der Waals surface area (Å²) < 4.78 is 6.73. The highest BCUT2D eigenvalue weighted by molar-refractivity contribution is 6.36. The zero-order chi connectivity index (χ0) is 21.0. The molecular weight excluding hydrogens is 417 g/mol. The summed E-state index contributed by atoms with van der Waals surface area (Å²) in [6.07, 6.45) is 0.173. The molecule has 0 radical (unpaired) electrons. The highest BCUT2D eigenvalue weighted by Crippen LogP contribution is 2.25. The molecule has 3 rings (SSSR count). The van der Waals surface area contributed by atoms with E-state index in [0.717, 1.165) is 0 Å². The number of rotatable bonds is 6. The molecule has 1 aromatic heterocycles. The van der Waals surface area contributed by atoms with Crippen LogP contribution in [0.4, 0.5) is 5.69 Å². The standard InChI is InChI=1S/C20H17Cl2N3O4/c1-12(20(28)24-16-7-6-13(21)10-15(16)22)29-19(27)8-9-25-17-5-3-2-4-14(17)18(26)11-23-25/h2-7,10-12H,8-9H2,1H3,(H,24,28). The van der Waals surface area contributed by atoms with Crippen molar-refractivity contribution in [2.45, 2.75) is 26.0 Å². The Morgan fingerprint density at radius 2 is 1.97 bits per heavy atom. The number of nitrogens with one attached hydrogen (secondary N) is 1. The number of aryl methyl sites for hydroxylation is 1. The molecule has 9 heteroatoms. The Bertz CT molecular complexity index is 1130. The molecule has 1 atom stereocenters. The summed E-state index contributed by atoms with van der Waals surface area (Å²) in [6, 6.07) is 11.6. The van der Waals surface area contributed by atoms with Crippen molar-refractivity contribution in [3.63, 3.8) is 0 Å². The smallest absolute Gasteiger partial charge is 0.308 e. The van der Waals surface area contributed by atoms with Crippen molar-refractivity contribution >= 4 is 51.7 Å². The van der Waals surface area contributed by atoms with Crippen molar-refractivity contribution in [3.8, 4) is 0 Å². The molecule has 0 fully saturated rings. The molecule has 0 bridgehead atoms. The first-order valence-electron chi connectivity index (χ1n) is 8.75. The van der Waals surface area contributed by atoms with E-state index in [0.29, 0.717) is 21.6 Å². The molecule has 1 unspecified atom stereocenters. The van der Waals surface area contributed by atoms with Gasteiger partial charge in [-0.05, 0) is 37.3 Å². The zero-order valence-corrected chi connectivity index (χ0v) is 16.9. The Balaban J connectivity index is 1.58. The monoisotopic (exact) mass is 433 g/mol. The lowest BCUT2D eigenvalue weighted by molar-refractivity contribution is -0.153. The first-order valence-corrected chi connectivity index (χ1v) is 9.51. The molecule has 0 spiro atoms. The lowest BCUT2D eigenvalue weighted by Gasteiger charge is -2.15. The van der Waals surface area contributed by atoms with E-state index in [1.165, 1.54) is 19.2 Å². The van der Waals surface area contributed by atoms with Crippen molar-refractivity contribution in [1.82, 2.24) is 9.78 Å². The second-order valence-electron chi connectivity index (χ2n) is 6.24. The maximum Gasteiger partial charge on any atom is 0.308 e. The number of halogens is 2. The number of hydrogen-bond donors (Lipinski definition) is 1. The fraction of sp³-hybridized carbons (Fsp3) is 0.200. The van der Waals surface area contributed by atoms with Crippen LogP contribution in [0, 0.1) is 0 Å². The molecule has 7 nitrogen and oxygen atoms in total. The molecule has 0 aliphatic rings. The SMILES string of the molecule is CC(OC(=O)CCn1ncc(=O)c2ccccc21)C(=O)Nc1ccc(Cl)cc1Cl. The van der Waals surface area contributed by atoms with Gasteiger partial charge in [-0.3, -0.25) is 19.1 Å². The maximum atomic E-state index is 12.2. The predicted octanol–water partition coefficient (Wildman–Crippen LogP) is 3.66. The van der Waals surface area contributed by atoms with Gasteiger partial charge in [-0.15, -0.1) is 0 Å². The molecule has 1 amide bonds. The number of fused-ring (bicyclic) bond motifs is 1. The molecule has 3 aromatic rings. The van der Waals surface area contributed by atoms with Crippen LogP contribution in [0.15, 0.2) is 53.5 Å². The van der Waals surface area contributed by atoms with Crippen molar-refractivity contribution in [2.75, 3.05) is 5.32 Å². The zero-order valence-electron chi connectivity index (χ0n) is 15.4. The van der Waals surface area contributed by atoms with E-state index in [2.05, 4.69) is 10.4 Å². The van der Waals surface area contributed by atoms with Crippen molar-refractivity contribution in [3.05, 3.63) is 68.9 Å². The number of anilines is 1. The van der Waals surface area contributed by atoms with Crippen LogP contribution in [0.3, 0.4) is 0 Å². The average molecular weight is 434 g/mol. The normalized spacial score (nSPS) is 11.8. The van der Waals surface area contributed by atoms with Crippen LogP contribution in [-0.2, 0) is 20.9 Å². The van der Waals surface area contributed by atoms with Gasteiger partial charge in [0.15, 0.2) is 6.10 Å². The van der Waals surface area contributed by atoms with Gasteiger partial charge >= 0.3 is 5.97 Å². The molecule has 1 N–H and O–H groups in total. The number of nitrogens with zero attached hydrogens (tertiary/aromatic N) is 2. The summed E-state index contributed by atoms with van der Waals surface area (Å²) in [5.41, 5.74) is 0.800. The van der Waals surface area contributed by atoms with Gasteiger partial charge in [-0.2, -0.15) is 5.10 Å². The molecule has 2 aromatic carbocycles. The summed E-state index contributed by atoms with van der Waals surface area (Å²) in [5.74, 6) is -1.09. The lowest BCUT2D eigenvalue weighted by atomic mass is 10.2. The van der Waals surface area contributed by atoms with E-state index in [9.17, 15) is 14.4 Å². The van der Waals surface area contributed by atoms with E-state index in [1.54, 1.807) is 41.1 Å². The number of amides is 1. The minimum absolute atomic E-state index is 0.0147. The summed E-state index contributed by atoms with van der Waals surface area (Å²) in [4.78, 5) is 36.2. The van der Waals surface area contributed by atoms with Crippen LogP contribution in [0.25, 0.3) is 10.9 Å². The number of para-hydroxylation sites is 1. The minimum Gasteiger partial charge on any atom is -0.452 e. The average Bonchev–Trinajstić information content (AvgIpc) is 2.69. The fourth-order valence-corrected chi connectivity index (χ4v) is 3.13.